The van der Waals surface area contributed by atoms with Crippen LogP contribution in [0.25, 0.3) is 6.08 Å². The van der Waals surface area contributed by atoms with E-state index < -0.39 is 5.91 Å². The summed E-state index contributed by atoms with van der Waals surface area (Å²) in [5.41, 5.74) is 6.80. The minimum atomic E-state index is -0.567. The summed E-state index contributed by atoms with van der Waals surface area (Å²) >= 11 is 3.47. The standard InChI is InChI=1S/C24H26IN3O4S/c1-4-31-19-11-16(10-18(25)22(19)32-14-21(26)29)12-20-23(30)28(13-15(2)3)24(33-20)27-17-8-6-5-7-9-17/h5-12,15H,4,13-14H2,1-3H3,(H2,26,29)/b20-12+,27-24?. The number of para-hydroxylation sites is 1. The van der Waals surface area contributed by atoms with Gasteiger partial charge in [-0.3, -0.25) is 14.5 Å². The second-order valence-corrected chi connectivity index (χ2v) is 9.84. The Labute approximate surface area is 211 Å². The maximum Gasteiger partial charge on any atom is 0.266 e. The highest BCUT2D eigenvalue weighted by Crippen LogP contribution is 2.38. The highest BCUT2D eigenvalue weighted by Gasteiger charge is 2.33. The summed E-state index contributed by atoms with van der Waals surface area (Å²) in [5, 5.41) is 0.660. The van der Waals surface area contributed by atoms with Crippen molar-refractivity contribution in [2.45, 2.75) is 20.8 Å². The first-order valence-electron chi connectivity index (χ1n) is 10.5. The van der Waals surface area contributed by atoms with Gasteiger partial charge in [-0.25, -0.2) is 4.99 Å². The van der Waals surface area contributed by atoms with Crippen molar-refractivity contribution >= 4 is 63.1 Å². The molecule has 1 fully saturated rings. The Balaban J connectivity index is 1.96. The topological polar surface area (TPSA) is 94.2 Å². The van der Waals surface area contributed by atoms with Crippen LogP contribution in [-0.2, 0) is 9.59 Å². The van der Waals surface area contributed by atoms with E-state index >= 15 is 0 Å². The Kier molecular flexibility index (Phi) is 8.79. The van der Waals surface area contributed by atoms with E-state index in [-0.39, 0.29) is 12.5 Å². The van der Waals surface area contributed by atoms with Crippen molar-refractivity contribution in [1.82, 2.24) is 4.90 Å². The predicted molar refractivity (Wildman–Crippen MR) is 141 cm³/mol. The van der Waals surface area contributed by atoms with Crippen molar-refractivity contribution in [2.75, 3.05) is 19.8 Å². The number of aliphatic imine (C=N–C) groups is 1. The van der Waals surface area contributed by atoms with Gasteiger partial charge in [0.15, 0.2) is 23.3 Å². The van der Waals surface area contributed by atoms with Crippen molar-refractivity contribution in [1.29, 1.82) is 0 Å². The highest BCUT2D eigenvalue weighted by molar-refractivity contribution is 14.1. The van der Waals surface area contributed by atoms with Gasteiger partial charge in [-0.15, -0.1) is 0 Å². The minimum absolute atomic E-state index is 0.0783. The van der Waals surface area contributed by atoms with Crippen LogP contribution in [0.5, 0.6) is 11.5 Å². The Bertz CT molecular complexity index is 1090. The number of hydrogen-bond donors (Lipinski definition) is 1. The third-order valence-electron chi connectivity index (χ3n) is 4.40. The average Bonchev–Trinajstić information content (AvgIpc) is 3.02. The molecule has 1 heterocycles. The third-order valence-corrected chi connectivity index (χ3v) is 6.21. The van der Waals surface area contributed by atoms with E-state index in [9.17, 15) is 9.59 Å². The first-order chi connectivity index (χ1) is 15.8. The van der Waals surface area contributed by atoms with E-state index in [2.05, 4.69) is 36.4 Å². The molecule has 1 saturated heterocycles. The molecule has 0 aromatic heterocycles. The fourth-order valence-electron chi connectivity index (χ4n) is 3.10. The molecular weight excluding hydrogens is 553 g/mol. The summed E-state index contributed by atoms with van der Waals surface area (Å²) in [6, 6.07) is 13.3. The van der Waals surface area contributed by atoms with Crippen molar-refractivity contribution in [3.8, 4) is 11.5 Å². The first-order valence-corrected chi connectivity index (χ1v) is 12.4. The Morgan fingerprint density at radius 2 is 1.97 bits per heavy atom. The van der Waals surface area contributed by atoms with Gasteiger partial charge in [0.25, 0.3) is 11.8 Å². The number of amides is 2. The fraction of sp³-hybridized carbons (Fsp3) is 0.292. The van der Waals surface area contributed by atoms with Gasteiger partial charge >= 0.3 is 0 Å². The number of carbonyl (C=O) groups excluding carboxylic acids is 2. The molecule has 2 aromatic carbocycles. The molecule has 0 atom stereocenters. The van der Waals surface area contributed by atoms with E-state index in [1.165, 1.54) is 11.8 Å². The van der Waals surface area contributed by atoms with Crippen LogP contribution in [0.15, 0.2) is 52.4 Å². The van der Waals surface area contributed by atoms with Crippen LogP contribution >= 0.6 is 34.4 Å². The smallest absolute Gasteiger partial charge is 0.266 e. The largest absolute Gasteiger partial charge is 0.490 e. The molecule has 7 nitrogen and oxygen atoms in total. The number of amidine groups is 1. The molecule has 3 rings (SSSR count). The summed E-state index contributed by atoms with van der Waals surface area (Å²) in [5.74, 6) is 0.595. The zero-order chi connectivity index (χ0) is 24.0. The molecule has 174 valence electrons. The molecule has 1 aliphatic rings. The average molecular weight is 579 g/mol. The van der Waals surface area contributed by atoms with Gasteiger partial charge in [-0.2, -0.15) is 0 Å². The Hall–Kier alpha value is -2.53. The second kappa shape index (κ2) is 11.6. The highest BCUT2D eigenvalue weighted by atomic mass is 127. The normalized spacial score (nSPS) is 16.2. The lowest BCUT2D eigenvalue weighted by Crippen LogP contribution is -2.32. The zero-order valence-corrected chi connectivity index (χ0v) is 21.7. The molecule has 0 unspecified atom stereocenters. The molecule has 9 heteroatoms. The lowest BCUT2D eigenvalue weighted by Gasteiger charge is -2.17. The van der Waals surface area contributed by atoms with Gasteiger partial charge in [0.1, 0.15) is 0 Å². The summed E-state index contributed by atoms with van der Waals surface area (Å²) in [4.78, 5) is 31.4. The van der Waals surface area contributed by atoms with Gasteiger partial charge in [0.2, 0.25) is 0 Å². The van der Waals surface area contributed by atoms with Crippen LogP contribution in [0.1, 0.15) is 26.3 Å². The Morgan fingerprint density at radius 1 is 1.24 bits per heavy atom. The van der Waals surface area contributed by atoms with E-state index in [0.717, 1.165) is 14.8 Å². The van der Waals surface area contributed by atoms with Gasteiger partial charge < -0.3 is 15.2 Å². The lowest BCUT2D eigenvalue weighted by atomic mass is 10.1. The third kappa shape index (κ3) is 6.73. The number of primary amides is 1. The minimum Gasteiger partial charge on any atom is -0.490 e. The summed E-state index contributed by atoms with van der Waals surface area (Å²) in [6.45, 7) is 6.77. The first kappa shape index (κ1) is 25.1. The van der Waals surface area contributed by atoms with Crippen molar-refractivity contribution in [2.24, 2.45) is 16.6 Å². The number of carbonyl (C=O) groups is 2. The van der Waals surface area contributed by atoms with Gasteiger partial charge in [-0.1, -0.05) is 32.0 Å². The number of thioether (sulfide) groups is 1. The number of halogens is 1. The van der Waals surface area contributed by atoms with Crippen LogP contribution in [0.3, 0.4) is 0 Å². The maximum atomic E-state index is 13.2. The SMILES string of the molecule is CCOc1cc(/C=C2/SC(=Nc3ccccc3)N(CC(C)C)C2=O)cc(I)c1OCC(N)=O. The summed E-state index contributed by atoms with van der Waals surface area (Å²) < 4.78 is 12.0. The van der Waals surface area contributed by atoms with Gasteiger partial charge in [-0.05, 0) is 83.1 Å². The van der Waals surface area contributed by atoms with Crippen molar-refractivity contribution < 1.29 is 19.1 Å². The van der Waals surface area contributed by atoms with Crippen LogP contribution in [0.2, 0.25) is 0 Å². The van der Waals surface area contributed by atoms with Crippen molar-refractivity contribution in [3.05, 3.63) is 56.5 Å². The summed E-state index contributed by atoms with van der Waals surface area (Å²) in [7, 11) is 0. The second-order valence-electron chi connectivity index (χ2n) is 7.67. The molecule has 0 radical (unpaired) electrons. The van der Waals surface area contributed by atoms with Crippen LogP contribution in [0, 0.1) is 9.49 Å². The molecule has 33 heavy (non-hydrogen) atoms. The quantitative estimate of drug-likeness (QED) is 0.340. The number of nitrogens with two attached hydrogens (primary N) is 1. The fourth-order valence-corrected chi connectivity index (χ4v) is 4.89. The predicted octanol–water partition coefficient (Wildman–Crippen LogP) is 4.81. The molecule has 0 saturated carbocycles. The number of ether oxygens (including phenoxy) is 2. The zero-order valence-electron chi connectivity index (χ0n) is 18.7. The van der Waals surface area contributed by atoms with E-state index in [0.29, 0.717) is 40.6 Å². The van der Waals surface area contributed by atoms with Crippen LogP contribution < -0.4 is 15.2 Å². The molecule has 0 spiro atoms. The summed E-state index contributed by atoms with van der Waals surface area (Å²) in [6.07, 6.45) is 1.83. The lowest BCUT2D eigenvalue weighted by molar-refractivity contribution is -0.122. The molecule has 2 N–H and O–H groups in total. The number of hydrogen-bond acceptors (Lipinski definition) is 6. The molecule has 2 aromatic rings. The molecule has 2 amide bonds. The number of rotatable bonds is 9. The van der Waals surface area contributed by atoms with Crippen molar-refractivity contribution in [3.63, 3.8) is 0 Å². The molecule has 0 bridgehead atoms. The van der Waals surface area contributed by atoms with E-state index in [4.69, 9.17) is 20.2 Å². The van der Waals surface area contributed by atoms with Gasteiger partial charge in [0.05, 0.1) is 20.8 Å². The van der Waals surface area contributed by atoms with Crippen LogP contribution in [-0.4, -0.2) is 41.6 Å². The maximum absolute atomic E-state index is 13.2. The van der Waals surface area contributed by atoms with E-state index in [1.54, 1.807) is 11.0 Å². The van der Waals surface area contributed by atoms with Gasteiger partial charge in [0, 0.05) is 6.54 Å². The molecule has 0 aliphatic carbocycles. The Morgan fingerprint density at radius 3 is 2.61 bits per heavy atom. The number of nitrogens with zero attached hydrogens (tertiary/aromatic N) is 2. The van der Waals surface area contributed by atoms with E-state index in [1.807, 2.05) is 49.4 Å². The number of benzene rings is 2. The van der Waals surface area contributed by atoms with Crippen LogP contribution in [0.4, 0.5) is 5.69 Å². The monoisotopic (exact) mass is 579 g/mol. The molecular formula is C24H26IN3O4S. The molecule has 1 aliphatic heterocycles.